The molecule has 0 aliphatic heterocycles. The second kappa shape index (κ2) is 4.78. The Morgan fingerprint density at radius 3 is 2.59 bits per heavy atom. The van der Waals surface area contributed by atoms with Gasteiger partial charge in [-0.25, -0.2) is 4.79 Å². The van der Waals surface area contributed by atoms with Gasteiger partial charge in [-0.05, 0) is 17.7 Å². The Bertz CT molecular complexity index is 517. The van der Waals surface area contributed by atoms with Gasteiger partial charge in [0.25, 0.3) is 0 Å². The fourth-order valence-corrected chi connectivity index (χ4v) is 1.47. The molecule has 1 heterocycles. The highest BCUT2D eigenvalue weighted by Crippen LogP contribution is 2.09. The number of carbonyl (C=O) groups excluding carboxylic acids is 1. The monoisotopic (exact) mass is 232 g/mol. The topological polar surface area (TPSA) is 65.2 Å². The maximum absolute atomic E-state index is 11.2. The highest BCUT2D eigenvalue weighted by atomic mass is 16.5. The minimum atomic E-state index is -0.341. The second-order valence-electron chi connectivity index (χ2n) is 3.59. The summed E-state index contributed by atoms with van der Waals surface area (Å²) in [5, 5.41) is 3.81. The third kappa shape index (κ3) is 2.69. The van der Waals surface area contributed by atoms with E-state index in [-0.39, 0.29) is 5.97 Å². The van der Waals surface area contributed by atoms with Gasteiger partial charge in [-0.1, -0.05) is 17.3 Å². The van der Waals surface area contributed by atoms with E-state index in [0.717, 1.165) is 5.56 Å². The van der Waals surface area contributed by atoms with E-state index in [1.807, 2.05) is 12.1 Å². The van der Waals surface area contributed by atoms with E-state index in [1.165, 1.54) is 7.11 Å². The standard InChI is InChI=1S/C12H12N2O3/c1-8-13-11(14-17-8)7-9-3-5-10(6-4-9)12(15)16-2/h3-6H,7H2,1-2H3. The van der Waals surface area contributed by atoms with E-state index < -0.39 is 0 Å². The van der Waals surface area contributed by atoms with Crippen LogP contribution in [0.1, 0.15) is 27.6 Å². The maximum atomic E-state index is 11.2. The number of aromatic nitrogens is 2. The number of benzene rings is 1. The number of esters is 1. The number of rotatable bonds is 3. The van der Waals surface area contributed by atoms with Crippen LogP contribution in [0, 0.1) is 6.92 Å². The predicted molar refractivity (Wildman–Crippen MR) is 59.6 cm³/mol. The lowest BCUT2D eigenvalue weighted by Crippen LogP contribution is -2.01. The molecule has 0 radical (unpaired) electrons. The molecule has 0 amide bonds. The quantitative estimate of drug-likeness (QED) is 0.754. The van der Waals surface area contributed by atoms with Gasteiger partial charge >= 0.3 is 5.97 Å². The molecule has 1 aromatic heterocycles. The second-order valence-corrected chi connectivity index (χ2v) is 3.59. The third-order valence-electron chi connectivity index (χ3n) is 2.31. The Morgan fingerprint density at radius 1 is 1.35 bits per heavy atom. The van der Waals surface area contributed by atoms with Crippen molar-refractivity contribution in [2.45, 2.75) is 13.3 Å². The van der Waals surface area contributed by atoms with E-state index >= 15 is 0 Å². The molecule has 0 saturated carbocycles. The Balaban J connectivity index is 2.10. The molecule has 5 nitrogen and oxygen atoms in total. The Labute approximate surface area is 98.4 Å². The SMILES string of the molecule is COC(=O)c1ccc(Cc2noc(C)n2)cc1. The van der Waals surface area contributed by atoms with Crippen LogP contribution < -0.4 is 0 Å². The first-order chi connectivity index (χ1) is 8.19. The van der Waals surface area contributed by atoms with Crippen molar-refractivity contribution in [3.8, 4) is 0 Å². The minimum Gasteiger partial charge on any atom is -0.465 e. The lowest BCUT2D eigenvalue weighted by Gasteiger charge is -2.00. The van der Waals surface area contributed by atoms with Gasteiger partial charge in [0.05, 0.1) is 12.7 Å². The van der Waals surface area contributed by atoms with Crippen LogP contribution in [0.3, 0.4) is 0 Å². The molecule has 88 valence electrons. The predicted octanol–water partition coefficient (Wildman–Crippen LogP) is 1.76. The van der Waals surface area contributed by atoms with Crippen LogP contribution in [0.5, 0.6) is 0 Å². The Hall–Kier alpha value is -2.17. The normalized spacial score (nSPS) is 10.2. The molecule has 17 heavy (non-hydrogen) atoms. The molecule has 2 aromatic rings. The number of ether oxygens (including phenoxy) is 1. The van der Waals surface area contributed by atoms with E-state index in [0.29, 0.717) is 23.7 Å². The molecule has 0 bridgehead atoms. The first kappa shape index (κ1) is 11.3. The molecule has 2 rings (SSSR count). The Kier molecular flexibility index (Phi) is 3.18. The Morgan fingerprint density at radius 2 is 2.06 bits per heavy atom. The van der Waals surface area contributed by atoms with Crippen molar-refractivity contribution in [3.05, 3.63) is 47.1 Å². The van der Waals surface area contributed by atoms with Gasteiger partial charge in [0.15, 0.2) is 5.82 Å². The van der Waals surface area contributed by atoms with Gasteiger partial charge in [-0.15, -0.1) is 0 Å². The number of hydrogen-bond acceptors (Lipinski definition) is 5. The van der Waals surface area contributed by atoms with Crippen molar-refractivity contribution in [3.63, 3.8) is 0 Å². The summed E-state index contributed by atoms with van der Waals surface area (Å²) in [7, 11) is 1.36. The van der Waals surface area contributed by atoms with Crippen molar-refractivity contribution in [2.75, 3.05) is 7.11 Å². The van der Waals surface area contributed by atoms with Crippen LogP contribution in [0.4, 0.5) is 0 Å². The van der Waals surface area contributed by atoms with Crippen molar-refractivity contribution < 1.29 is 14.1 Å². The molecule has 5 heteroatoms. The number of aryl methyl sites for hydroxylation is 1. The molecule has 0 atom stereocenters. The largest absolute Gasteiger partial charge is 0.465 e. The van der Waals surface area contributed by atoms with Crippen LogP contribution in [0.15, 0.2) is 28.8 Å². The first-order valence-electron chi connectivity index (χ1n) is 5.15. The average molecular weight is 232 g/mol. The number of nitrogens with zero attached hydrogens (tertiary/aromatic N) is 2. The number of hydrogen-bond donors (Lipinski definition) is 0. The number of carbonyl (C=O) groups is 1. The van der Waals surface area contributed by atoms with Gasteiger partial charge in [-0.2, -0.15) is 4.98 Å². The molecule has 0 N–H and O–H groups in total. The smallest absolute Gasteiger partial charge is 0.337 e. The summed E-state index contributed by atoms with van der Waals surface area (Å²) in [6.07, 6.45) is 0.582. The molecule has 1 aromatic carbocycles. The zero-order valence-corrected chi connectivity index (χ0v) is 9.64. The lowest BCUT2D eigenvalue weighted by atomic mass is 10.1. The summed E-state index contributed by atoms with van der Waals surface area (Å²) in [5.41, 5.74) is 1.54. The summed E-state index contributed by atoms with van der Waals surface area (Å²) in [6.45, 7) is 1.75. The van der Waals surface area contributed by atoms with Crippen LogP contribution in [-0.2, 0) is 11.2 Å². The summed E-state index contributed by atoms with van der Waals surface area (Å²) in [4.78, 5) is 15.3. The molecule has 0 unspecified atom stereocenters. The average Bonchev–Trinajstić information content (AvgIpc) is 2.75. The van der Waals surface area contributed by atoms with Gasteiger partial charge in [-0.3, -0.25) is 0 Å². The zero-order chi connectivity index (χ0) is 12.3. The van der Waals surface area contributed by atoms with Crippen LogP contribution >= 0.6 is 0 Å². The fraction of sp³-hybridized carbons (Fsp3) is 0.250. The van der Waals surface area contributed by atoms with Gasteiger partial charge in [0.2, 0.25) is 5.89 Å². The van der Waals surface area contributed by atoms with Crippen molar-refractivity contribution >= 4 is 5.97 Å². The van der Waals surface area contributed by atoms with E-state index in [2.05, 4.69) is 14.9 Å². The van der Waals surface area contributed by atoms with Crippen molar-refractivity contribution in [2.24, 2.45) is 0 Å². The molecule has 0 saturated heterocycles. The zero-order valence-electron chi connectivity index (χ0n) is 9.64. The summed E-state index contributed by atoms with van der Waals surface area (Å²) >= 11 is 0. The molecule has 0 spiro atoms. The number of methoxy groups -OCH3 is 1. The van der Waals surface area contributed by atoms with E-state index in [1.54, 1.807) is 19.1 Å². The van der Waals surface area contributed by atoms with Gasteiger partial charge < -0.3 is 9.26 Å². The van der Waals surface area contributed by atoms with E-state index in [4.69, 9.17) is 4.52 Å². The highest BCUT2D eigenvalue weighted by molar-refractivity contribution is 5.89. The van der Waals surface area contributed by atoms with Crippen LogP contribution in [0.2, 0.25) is 0 Å². The maximum Gasteiger partial charge on any atom is 0.337 e. The molecule has 0 aliphatic rings. The molecular weight excluding hydrogens is 220 g/mol. The van der Waals surface area contributed by atoms with E-state index in [9.17, 15) is 4.79 Å². The minimum absolute atomic E-state index is 0.341. The summed E-state index contributed by atoms with van der Waals surface area (Å²) < 4.78 is 9.50. The molecule has 0 aliphatic carbocycles. The van der Waals surface area contributed by atoms with Crippen LogP contribution in [-0.4, -0.2) is 23.2 Å². The molecule has 0 fully saturated rings. The van der Waals surface area contributed by atoms with Gasteiger partial charge in [0, 0.05) is 13.3 Å². The first-order valence-corrected chi connectivity index (χ1v) is 5.15. The van der Waals surface area contributed by atoms with Crippen molar-refractivity contribution in [1.82, 2.24) is 10.1 Å². The summed E-state index contributed by atoms with van der Waals surface area (Å²) in [5.74, 6) is 0.839. The molecular formula is C12H12N2O3. The fourth-order valence-electron chi connectivity index (χ4n) is 1.47. The third-order valence-corrected chi connectivity index (χ3v) is 2.31. The highest BCUT2D eigenvalue weighted by Gasteiger charge is 2.06. The van der Waals surface area contributed by atoms with Crippen LogP contribution in [0.25, 0.3) is 0 Å². The van der Waals surface area contributed by atoms with Gasteiger partial charge in [0.1, 0.15) is 0 Å². The summed E-state index contributed by atoms with van der Waals surface area (Å²) in [6, 6.07) is 7.12. The van der Waals surface area contributed by atoms with Crippen molar-refractivity contribution in [1.29, 1.82) is 0 Å². The lowest BCUT2D eigenvalue weighted by molar-refractivity contribution is 0.0600.